The second kappa shape index (κ2) is 9.68. The highest BCUT2D eigenvalue weighted by Gasteiger charge is 2.32. The van der Waals surface area contributed by atoms with Crippen molar-refractivity contribution in [3.05, 3.63) is 63.3 Å². The van der Waals surface area contributed by atoms with E-state index in [1.165, 1.54) is 12.1 Å². The number of rotatable bonds is 7. The molecular formula is C24H21ClF3NO5. The molecular weight excluding hydrogens is 475 g/mol. The van der Waals surface area contributed by atoms with Gasteiger partial charge in [-0.05, 0) is 49.7 Å². The molecule has 34 heavy (non-hydrogen) atoms. The zero-order chi connectivity index (χ0) is 24.5. The number of carboxylic acids is 1. The van der Waals surface area contributed by atoms with Gasteiger partial charge in [0.1, 0.15) is 11.5 Å². The van der Waals surface area contributed by atoms with Gasteiger partial charge in [0.25, 0.3) is 0 Å². The molecule has 0 radical (unpaired) electrons. The van der Waals surface area contributed by atoms with Crippen LogP contribution in [0.4, 0.5) is 13.2 Å². The van der Waals surface area contributed by atoms with Crippen LogP contribution in [-0.2, 0) is 11.0 Å². The summed E-state index contributed by atoms with van der Waals surface area (Å²) in [6.45, 7) is 1.74. The van der Waals surface area contributed by atoms with Crippen molar-refractivity contribution in [3.8, 4) is 17.1 Å². The lowest BCUT2D eigenvalue weighted by molar-refractivity contribution is -0.141. The molecule has 180 valence electrons. The zero-order valence-electron chi connectivity index (χ0n) is 17.9. The van der Waals surface area contributed by atoms with Crippen LogP contribution in [0.5, 0.6) is 5.75 Å². The van der Waals surface area contributed by atoms with E-state index in [4.69, 9.17) is 25.9 Å². The fourth-order valence-corrected chi connectivity index (χ4v) is 4.22. The predicted molar refractivity (Wildman–Crippen MR) is 120 cm³/mol. The van der Waals surface area contributed by atoms with Crippen molar-refractivity contribution in [3.63, 3.8) is 0 Å². The Kier molecular flexibility index (Phi) is 6.86. The topological polar surface area (TPSA) is 80.0 Å². The number of benzene rings is 2. The number of aliphatic carboxylic acids is 1. The monoisotopic (exact) mass is 495 g/mol. The van der Waals surface area contributed by atoms with Gasteiger partial charge in [0.05, 0.1) is 34.1 Å². The molecule has 4 rings (SSSR count). The van der Waals surface area contributed by atoms with Crippen LogP contribution in [0.25, 0.3) is 22.3 Å². The van der Waals surface area contributed by atoms with Gasteiger partial charge in [-0.1, -0.05) is 17.7 Å². The van der Waals surface area contributed by atoms with E-state index in [0.29, 0.717) is 32.5 Å². The molecule has 0 bridgehead atoms. The highest BCUT2D eigenvalue weighted by atomic mass is 35.5. The Hall–Kier alpha value is -3.04. The molecule has 0 saturated carbocycles. The molecule has 2 aromatic carbocycles. The number of hydrogen-bond acceptors (Lipinski definition) is 5. The molecule has 1 atom stereocenters. The number of para-hydroxylation sites is 1. The molecule has 1 aliphatic rings. The first-order valence-corrected chi connectivity index (χ1v) is 11.0. The number of hydrogen-bond donors (Lipinski definition) is 1. The van der Waals surface area contributed by atoms with Gasteiger partial charge in [0.2, 0.25) is 0 Å². The van der Waals surface area contributed by atoms with Gasteiger partial charge in [-0.3, -0.25) is 9.59 Å². The van der Waals surface area contributed by atoms with Crippen LogP contribution in [0.1, 0.15) is 18.4 Å². The largest absolute Gasteiger partial charge is 0.493 e. The Balaban J connectivity index is 1.58. The minimum atomic E-state index is -4.58. The van der Waals surface area contributed by atoms with Gasteiger partial charge in [-0.15, -0.1) is 0 Å². The molecule has 1 fully saturated rings. The minimum Gasteiger partial charge on any atom is -0.493 e. The molecule has 0 aliphatic carbocycles. The Bertz CT molecular complexity index is 1270. The third-order valence-corrected chi connectivity index (χ3v) is 6.08. The highest BCUT2D eigenvalue weighted by Crippen LogP contribution is 2.38. The van der Waals surface area contributed by atoms with Gasteiger partial charge in [0, 0.05) is 19.2 Å². The third kappa shape index (κ3) is 5.20. The van der Waals surface area contributed by atoms with E-state index < -0.39 is 23.6 Å². The van der Waals surface area contributed by atoms with Crippen molar-refractivity contribution < 1.29 is 32.2 Å². The number of nitrogens with zero attached hydrogens (tertiary/aromatic N) is 1. The van der Waals surface area contributed by atoms with Crippen LogP contribution in [0.15, 0.2) is 51.7 Å². The lowest BCUT2D eigenvalue weighted by Gasteiger charge is -2.17. The highest BCUT2D eigenvalue weighted by molar-refractivity contribution is 6.34. The molecule has 0 unspecified atom stereocenters. The van der Waals surface area contributed by atoms with E-state index in [2.05, 4.69) is 0 Å². The number of ether oxygens (including phenoxy) is 1. The Morgan fingerprint density at radius 3 is 2.74 bits per heavy atom. The zero-order valence-corrected chi connectivity index (χ0v) is 18.7. The van der Waals surface area contributed by atoms with Crippen LogP contribution in [0.2, 0.25) is 5.02 Å². The molecule has 2 heterocycles. The van der Waals surface area contributed by atoms with Crippen molar-refractivity contribution >= 4 is 28.5 Å². The van der Waals surface area contributed by atoms with E-state index in [1.54, 1.807) is 18.2 Å². The van der Waals surface area contributed by atoms with Crippen LogP contribution in [-0.4, -0.2) is 42.2 Å². The van der Waals surface area contributed by atoms with Gasteiger partial charge < -0.3 is 19.2 Å². The maximum absolute atomic E-state index is 13.3. The molecule has 1 aliphatic heterocycles. The van der Waals surface area contributed by atoms with Crippen molar-refractivity contribution in [2.24, 2.45) is 5.92 Å². The maximum atomic E-state index is 13.3. The number of carboxylic acid groups (broad SMARTS) is 1. The third-order valence-electron chi connectivity index (χ3n) is 5.78. The minimum absolute atomic E-state index is 0.0400. The number of alkyl halides is 3. The average Bonchev–Trinajstić information content (AvgIpc) is 3.26. The fourth-order valence-electron chi connectivity index (χ4n) is 4.00. The van der Waals surface area contributed by atoms with E-state index in [1.807, 2.05) is 4.90 Å². The summed E-state index contributed by atoms with van der Waals surface area (Å²) in [7, 11) is 0. The van der Waals surface area contributed by atoms with E-state index >= 15 is 0 Å². The second-order valence-corrected chi connectivity index (χ2v) is 8.53. The number of carbonyl (C=O) groups is 1. The van der Waals surface area contributed by atoms with Crippen LogP contribution < -0.4 is 10.2 Å². The van der Waals surface area contributed by atoms with Crippen LogP contribution in [0, 0.1) is 5.92 Å². The smallest absolute Gasteiger partial charge is 0.416 e. The molecule has 10 heteroatoms. The predicted octanol–water partition coefficient (Wildman–Crippen LogP) is 5.31. The fraction of sp³-hybridized carbons (Fsp3) is 0.333. The number of fused-ring (bicyclic) bond motifs is 1. The van der Waals surface area contributed by atoms with Gasteiger partial charge in [0.15, 0.2) is 11.0 Å². The first kappa shape index (κ1) is 24.1. The molecule has 0 spiro atoms. The Morgan fingerprint density at radius 2 is 2.03 bits per heavy atom. The summed E-state index contributed by atoms with van der Waals surface area (Å²) in [6, 6.07) is 8.88. The Morgan fingerprint density at radius 1 is 1.24 bits per heavy atom. The van der Waals surface area contributed by atoms with Crippen molar-refractivity contribution in [1.82, 2.24) is 4.90 Å². The van der Waals surface area contributed by atoms with E-state index in [0.717, 1.165) is 12.1 Å². The summed E-state index contributed by atoms with van der Waals surface area (Å²) in [5, 5.41) is 9.57. The van der Waals surface area contributed by atoms with Gasteiger partial charge >= 0.3 is 12.1 Å². The lowest BCUT2D eigenvalue weighted by Crippen LogP contribution is -2.25. The second-order valence-electron chi connectivity index (χ2n) is 8.13. The first-order chi connectivity index (χ1) is 16.1. The normalized spacial score (nSPS) is 16.8. The quantitative estimate of drug-likeness (QED) is 0.448. The summed E-state index contributed by atoms with van der Waals surface area (Å²) in [5.74, 6) is -1.27. The summed E-state index contributed by atoms with van der Waals surface area (Å²) < 4.78 is 51.5. The molecule has 1 saturated heterocycles. The summed E-state index contributed by atoms with van der Waals surface area (Å²) >= 11 is 6.15. The van der Waals surface area contributed by atoms with Crippen molar-refractivity contribution in [2.45, 2.75) is 19.0 Å². The Labute approximate surface area is 197 Å². The lowest BCUT2D eigenvalue weighted by atomic mass is 10.1. The summed E-state index contributed by atoms with van der Waals surface area (Å²) in [5.41, 5.74) is -0.943. The first-order valence-electron chi connectivity index (χ1n) is 10.7. The SMILES string of the molecule is O=C(O)[C@@H]1CCN(CCCOc2cc(C(F)(F)F)ccc2-c2cc(=O)c3cccc(Cl)c3o2)C1. The van der Waals surface area contributed by atoms with Crippen LogP contribution >= 0.6 is 11.6 Å². The number of halogens is 4. The van der Waals surface area contributed by atoms with Gasteiger partial charge in [-0.25, -0.2) is 0 Å². The van der Waals surface area contributed by atoms with Crippen molar-refractivity contribution in [1.29, 1.82) is 0 Å². The summed E-state index contributed by atoms with van der Waals surface area (Å²) in [6.07, 6.45) is -3.53. The standard InChI is InChI=1S/C24H21ClF3NO5/c25-18-4-1-3-16-19(30)12-21(34-22(16)18)17-6-5-15(24(26,27)28)11-20(17)33-10-2-8-29-9-7-14(13-29)23(31)32/h1,3-6,11-12,14H,2,7-10,13H2,(H,31,32)/t14-/m1/s1. The molecule has 6 nitrogen and oxygen atoms in total. The van der Waals surface area contributed by atoms with Gasteiger partial charge in [-0.2, -0.15) is 13.2 Å². The van der Waals surface area contributed by atoms with Crippen LogP contribution in [0.3, 0.4) is 0 Å². The van der Waals surface area contributed by atoms with Crippen molar-refractivity contribution in [2.75, 3.05) is 26.2 Å². The van der Waals surface area contributed by atoms with E-state index in [9.17, 15) is 22.8 Å². The summed E-state index contributed by atoms with van der Waals surface area (Å²) in [4.78, 5) is 25.6. The average molecular weight is 496 g/mol. The molecule has 1 aromatic heterocycles. The molecule has 3 aromatic rings. The maximum Gasteiger partial charge on any atom is 0.416 e. The molecule has 1 N–H and O–H groups in total. The molecule has 0 amide bonds. The van der Waals surface area contributed by atoms with E-state index in [-0.39, 0.29) is 45.1 Å². The number of likely N-dealkylation sites (tertiary alicyclic amines) is 1.